The van der Waals surface area contributed by atoms with Gasteiger partial charge >= 0.3 is 52.8 Å². The standard InChI is InChI=1S/2C12H24O2.K/c2*1-2-3-4-5-6-7-8-9-10-11-12(13)14;/h2*2-11H2,1H3,(H,13,14);/q;;+1/p-1. The molecule has 0 aromatic heterocycles. The molecule has 29 heavy (non-hydrogen) atoms. The fourth-order valence-electron chi connectivity index (χ4n) is 3.16. The van der Waals surface area contributed by atoms with E-state index in [2.05, 4.69) is 13.8 Å². The van der Waals surface area contributed by atoms with E-state index < -0.39 is 11.9 Å². The van der Waals surface area contributed by atoms with Gasteiger partial charge in [0.15, 0.2) is 0 Å². The van der Waals surface area contributed by atoms with Crippen LogP contribution in [-0.4, -0.2) is 11.9 Å². The van der Waals surface area contributed by atoms with Crippen LogP contribution in [0, 0.1) is 0 Å². The largest absolute Gasteiger partial charge is 1.00 e. The summed E-state index contributed by atoms with van der Waals surface area (Å²) in [6.45, 7) is 4.44. The number of rotatable bonds is 20. The minimum absolute atomic E-state index is 0. The molecule has 0 spiro atoms. The van der Waals surface area contributed by atoms with Crippen LogP contribution in [0.4, 0.5) is 0 Å². The molecule has 4 nitrogen and oxygen atoms in total. The number of carbonyl (C=O) groups is 2. The van der Waals surface area contributed by atoms with Crippen LogP contribution in [0.2, 0.25) is 0 Å². The Morgan fingerprint density at radius 3 is 0.897 bits per heavy atom. The summed E-state index contributed by atoms with van der Waals surface area (Å²) in [5, 5.41) is 20.2. The van der Waals surface area contributed by atoms with Crippen molar-refractivity contribution in [2.75, 3.05) is 0 Å². The first-order valence-electron chi connectivity index (χ1n) is 11.9. The Labute approximate surface area is 224 Å². The minimum atomic E-state index is -0.909. The summed E-state index contributed by atoms with van der Waals surface area (Å²) in [5.74, 6) is -1.82. The van der Waals surface area contributed by atoms with Crippen molar-refractivity contribution in [1.29, 1.82) is 0 Å². The first kappa shape index (κ1) is 34.2. The summed E-state index contributed by atoms with van der Waals surface area (Å²) < 4.78 is 0. The van der Waals surface area contributed by atoms with Crippen LogP contribution in [0.3, 0.4) is 0 Å². The quantitative estimate of drug-likeness (QED) is 0.216. The second-order valence-electron chi connectivity index (χ2n) is 7.90. The molecule has 168 valence electrons. The van der Waals surface area contributed by atoms with Crippen LogP contribution < -0.4 is 61.6 Å². The van der Waals surface area contributed by atoms with Crippen molar-refractivity contribution in [3.8, 4) is 0 Å². The van der Waals surface area contributed by atoms with Crippen molar-refractivity contribution in [2.45, 2.75) is 142 Å². The van der Waals surface area contributed by atoms with Crippen molar-refractivity contribution in [3.05, 3.63) is 0 Å². The van der Waals surface area contributed by atoms with Gasteiger partial charge in [-0.3, -0.25) is 0 Å². The van der Waals surface area contributed by atoms with Gasteiger partial charge in [0.25, 0.3) is 0 Å². The summed E-state index contributed by atoms with van der Waals surface area (Å²) in [4.78, 5) is 20.2. The molecule has 0 rings (SSSR count). The van der Waals surface area contributed by atoms with E-state index >= 15 is 0 Å². The van der Waals surface area contributed by atoms with E-state index in [9.17, 15) is 19.8 Å². The summed E-state index contributed by atoms with van der Waals surface area (Å²) in [7, 11) is 0. The monoisotopic (exact) mass is 438 g/mol. The fraction of sp³-hybridized carbons (Fsp3) is 0.917. The molecular formula is C24H47KO4. The molecule has 0 aromatic carbocycles. The predicted octanol–water partition coefficient (Wildman–Crippen LogP) is 2.43. The third-order valence-corrected chi connectivity index (χ3v) is 4.97. The van der Waals surface area contributed by atoms with Crippen molar-refractivity contribution < 1.29 is 72.6 Å². The first-order chi connectivity index (χ1) is 13.5. The van der Waals surface area contributed by atoms with Crippen molar-refractivity contribution in [3.63, 3.8) is 0 Å². The average molecular weight is 439 g/mol. The van der Waals surface area contributed by atoms with Gasteiger partial charge in [-0.1, -0.05) is 117 Å². The fourth-order valence-corrected chi connectivity index (χ4v) is 3.16. The SMILES string of the molecule is CCCCCCCCCCCC(=O)[O-].CCCCCCCCCCCC(=O)[O-].[H+].[K+]. The zero-order chi connectivity index (χ0) is 21.3. The predicted molar refractivity (Wildman–Crippen MR) is 115 cm³/mol. The van der Waals surface area contributed by atoms with Gasteiger partial charge in [0.05, 0.1) is 0 Å². The van der Waals surface area contributed by atoms with E-state index in [1.807, 2.05) is 0 Å². The molecule has 0 saturated heterocycles. The summed E-state index contributed by atoms with van der Waals surface area (Å²) in [6, 6.07) is 0. The molecule has 0 fully saturated rings. The molecule has 0 aliphatic heterocycles. The van der Waals surface area contributed by atoms with Crippen LogP contribution in [0.1, 0.15) is 144 Å². The molecular weight excluding hydrogens is 391 g/mol. The van der Waals surface area contributed by atoms with Crippen molar-refractivity contribution in [2.24, 2.45) is 0 Å². The van der Waals surface area contributed by atoms with Crippen LogP contribution in [0.25, 0.3) is 0 Å². The third kappa shape index (κ3) is 39.6. The molecule has 0 aliphatic rings. The number of hydrogen-bond donors (Lipinski definition) is 0. The summed E-state index contributed by atoms with van der Waals surface area (Å²) in [5.41, 5.74) is 0. The first-order valence-corrected chi connectivity index (χ1v) is 11.9. The summed E-state index contributed by atoms with van der Waals surface area (Å²) >= 11 is 0. The zero-order valence-electron chi connectivity index (χ0n) is 20.8. The molecule has 0 heterocycles. The molecule has 5 heteroatoms. The Morgan fingerprint density at radius 1 is 0.483 bits per heavy atom. The number of carboxylic acid groups (broad SMARTS) is 2. The number of aliphatic carboxylic acids is 2. The Hall–Kier alpha value is 0.576. The Kier molecular flexibility index (Phi) is 36.3. The Balaban J connectivity index is -0.000000211. The average Bonchev–Trinajstić information content (AvgIpc) is 2.65. The molecule has 0 aliphatic carbocycles. The molecule has 0 radical (unpaired) electrons. The van der Waals surface area contributed by atoms with Gasteiger partial charge in [0.1, 0.15) is 0 Å². The maximum atomic E-state index is 10.1. The van der Waals surface area contributed by atoms with Gasteiger partial charge in [0.2, 0.25) is 0 Å². The number of unbranched alkanes of at least 4 members (excludes halogenated alkanes) is 16. The molecule has 0 aromatic rings. The second-order valence-corrected chi connectivity index (χ2v) is 7.90. The topological polar surface area (TPSA) is 80.3 Å². The molecule has 0 N–H and O–H groups in total. The van der Waals surface area contributed by atoms with E-state index in [1.165, 1.54) is 89.9 Å². The van der Waals surface area contributed by atoms with Crippen LogP contribution >= 0.6 is 0 Å². The minimum Gasteiger partial charge on any atom is -0.550 e. The van der Waals surface area contributed by atoms with Gasteiger partial charge in [0, 0.05) is 11.9 Å². The van der Waals surface area contributed by atoms with Gasteiger partial charge in [-0.15, -0.1) is 0 Å². The number of hydrogen-bond acceptors (Lipinski definition) is 4. The molecule has 0 atom stereocenters. The van der Waals surface area contributed by atoms with Crippen LogP contribution in [-0.2, 0) is 9.59 Å². The normalized spacial score (nSPS) is 10.0. The second kappa shape index (κ2) is 30.8. The number of carbonyl (C=O) groups excluding carboxylic acids is 2. The molecule has 0 amide bonds. The maximum absolute atomic E-state index is 10.1. The van der Waals surface area contributed by atoms with Crippen molar-refractivity contribution in [1.82, 2.24) is 0 Å². The summed E-state index contributed by atoms with van der Waals surface area (Å²) in [6.07, 6.45) is 22.3. The van der Waals surface area contributed by atoms with Gasteiger partial charge in [-0.05, 0) is 25.7 Å². The maximum Gasteiger partial charge on any atom is 1.00 e. The van der Waals surface area contributed by atoms with Crippen LogP contribution in [0.15, 0.2) is 0 Å². The van der Waals surface area contributed by atoms with Gasteiger partial charge in [-0.25, -0.2) is 0 Å². The van der Waals surface area contributed by atoms with Gasteiger partial charge < -0.3 is 19.8 Å². The Morgan fingerprint density at radius 2 is 0.690 bits per heavy atom. The Bertz CT molecular complexity index is 309. The van der Waals surface area contributed by atoms with E-state index in [1.54, 1.807) is 0 Å². The zero-order valence-corrected chi connectivity index (χ0v) is 22.9. The van der Waals surface area contributed by atoms with E-state index in [-0.39, 0.29) is 65.7 Å². The molecule has 0 saturated carbocycles. The van der Waals surface area contributed by atoms with Crippen molar-refractivity contribution >= 4 is 11.9 Å². The third-order valence-electron chi connectivity index (χ3n) is 4.97. The van der Waals surface area contributed by atoms with E-state index in [0.717, 1.165) is 25.7 Å². The van der Waals surface area contributed by atoms with E-state index in [0.29, 0.717) is 0 Å². The van der Waals surface area contributed by atoms with Crippen LogP contribution in [0.5, 0.6) is 0 Å². The van der Waals surface area contributed by atoms with Gasteiger partial charge in [-0.2, -0.15) is 0 Å². The smallest absolute Gasteiger partial charge is 0.550 e. The van der Waals surface area contributed by atoms with E-state index in [4.69, 9.17) is 0 Å². The molecule has 0 bridgehead atoms. The number of carboxylic acids is 2. The molecule has 0 unspecified atom stereocenters.